The lowest BCUT2D eigenvalue weighted by Crippen LogP contribution is -2.33. The van der Waals surface area contributed by atoms with Crippen molar-refractivity contribution in [2.24, 2.45) is 18.9 Å². The molecule has 1 aromatic heterocycles. The van der Waals surface area contributed by atoms with Crippen molar-refractivity contribution in [2.45, 2.75) is 31.8 Å². The van der Waals surface area contributed by atoms with Crippen LogP contribution in [0.2, 0.25) is 0 Å². The van der Waals surface area contributed by atoms with Crippen molar-refractivity contribution < 1.29 is 23.1 Å². The van der Waals surface area contributed by atoms with Gasteiger partial charge < -0.3 is 9.84 Å². The maximum atomic E-state index is 12.4. The maximum Gasteiger partial charge on any atom is 0.307 e. The number of benzene rings is 1. The minimum Gasteiger partial charge on any atom is -0.486 e. The third kappa shape index (κ3) is 6.04. The quantitative estimate of drug-likeness (QED) is 0.622. The molecule has 0 spiro atoms. The molecular formula is C17H24N4O5S. The summed E-state index contributed by atoms with van der Waals surface area (Å²) in [5, 5.41) is 13.2. The Balaban J connectivity index is 1.97. The summed E-state index contributed by atoms with van der Waals surface area (Å²) < 4.78 is 34.3. The Morgan fingerprint density at radius 1 is 1.30 bits per heavy atom. The van der Waals surface area contributed by atoms with Gasteiger partial charge in [-0.2, -0.15) is 5.10 Å². The molecule has 148 valence electrons. The van der Waals surface area contributed by atoms with Crippen LogP contribution < -0.4 is 9.46 Å². The van der Waals surface area contributed by atoms with Crippen LogP contribution in [0, 0.1) is 11.8 Å². The summed E-state index contributed by atoms with van der Waals surface area (Å²) in [7, 11) is -2.05. The fraction of sp³-hybridized carbons (Fsp3) is 0.471. The number of sulfonamides is 1. The molecule has 0 saturated carbocycles. The summed E-state index contributed by atoms with van der Waals surface area (Å²) in [6, 6.07) is 5.89. The number of hydrogen-bond acceptors (Lipinski definition) is 6. The highest BCUT2D eigenvalue weighted by Gasteiger charge is 2.22. The number of aliphatic carboxylic acids is 1. The summed E-state index contributed by atoms with van der Waals surface area (Å²) in [5.74, 6) is -0.507. The van der Waals surface area contributed by atoms with Crippen LogP contribution in [0.5, 0.6) is 5.75 Å². The van der Waals surface area contributed by atoms with Crippen molar-refractivity contribution >= 4 is 16.0 Å². The summed E-state index contributed by atoms with van der Waals surface area (Å²) in [6.45, 7) is 3.84. The first kappa shape index (κ1) is 20.8. The number of nitrogens with one attached hydrogen (secondary N) is 1. The number of aromatic nitrogens is 3. The highest BCUT2D eigenvalue weighted by Crippen LogP contribution is 2.18. The number of aryl methyl sites for hydroxylation is 1. The van der Waals surface area contributed by atoms with E-state index in [1.165, 1.54) is 30.6 Å². The van der Waals surface area contributed by atoms with Crippen LogP contribution in [0.25, 0.3) is 0 Å². The standard InChI is InChI=1S/C17H24N4O5S/c1-12(2)8-13(17(22)23)9-20-27(24,25)15-6-4-14(5-7-15)26-10-16-18-11-19-21(16)3/h4-7,11-13,20H,8-10H2,1-3H3,(H,22,23). The van der Waals surface area contributed by atoms with E-state index in [1.807, 2.05) is 13.8 Å². The van der Waals surface area contributed by atoms with Crippen molar-refractivity contribution in [3.63, 3.8) is 0 Å². The fourth-order valence-corrected chi connectivity index (χ4v) is 3.53. The van der Waals surface area contributed by atoms with E-state index in [4.69, 9.17) is 4.74 Å². The molecule has 0 aliphatic heterocycles. The lowest BCUT2D eigenvalue weighted by atomic mass is 9.98. The van der Waals surface area contributed by atoms with Gasteiger partial charge in [0.15, 0.2) is 5.82 Å². The van der Waals surface area contributed by atoms with Crippen molar-refractivity contribution in [1.29, 1.82) is 0 Å². The maximum absolute atomic E-state index is 12.4. The van der Waals surface area contributed by atoms with E-state index in [0.717, 1.165) is 0 Å². The van der Waals surface area contributed by atoms with Crippen LogP contribution in [0.1, 0.15) is 26.1 Å². The van der Waals surface area contributed by atoms with E-state index in [9.17, 15) is 18.3 Å². The van der Waals surface area contributed by atoms with Gasteiger partial charge in [0.1, 0.15) is 18.7 Å². The average molecular weight is 396 g/mol. The van der Waals surface area contributed by atoms with E-state index < -0.39 is 21.9 Å². The predicted octanol–water partition coefficient (Wildman–Crippen LogP) is 1.42. The zero-order valence-corrected chi connectivity index (χ0v) is 16.3. The minimum atomic E-state index is -3.80. The van der Waals surface area contributed by atoms with E-state index in [0.29, 0.717) is 18.0 Å². The van der Waals surface area contributed by atoms with E-state index in [-0.39, 0.29) is 24.0 Å². The molecule has 0 bridgehead atoms. The molecule has 9 nitrogen and oxygen atoms in total. The Labute approximate surface area is 158 Å². The van der Waals surface area contributed by atoms with Gasteiger partial charge in [-0.3, -0.25) is 9.48 Å². The first-order chi connectivity index (χ1) is 12.7. The Morgan fingerprint density at radius 2 is 1.96 bits per heavy atom. The molecule has 0 aliphatic rings. The molecule has 1 heterocycles. The number of ether oxygens (including phenoxy) is 1. The third-order valence-corrected chi connectivity index (χ3v) is 5.37. The molecule has 27 heavy (non-hydrogen) atoms. The van der Waals surface area contributed by atoms with Crippen molar-refractivity contribution in [1.82, 2.24) is 19.5 Å². The highest BCUT2D eigenvalue weighted by atomic mass is 32.2. The van der Waals surface area contributed by atoms with Gasteiger partial charge in [-0.1, -0.05) is 13.8 Å². The zero-order chi connectivity index (χ0) is 20.0. The van der Waals surface area contributed by atoms with Crippen molar-refractivity contribution in [3.8, 4) is 5.75 Å². The van der Waals surface area contributed by atoms with E-state index in [2.05, 4.69) is 14.8 Å². The number of carbonyl (C=O) groups is 1. The molecule has 0 fully saturated rings. The molecule has 2 rings (SSSR count). The normalized spacial score (nSPS) is 12.9. The monoisotopic (exact) mass is 396 g/mol. The smallest absolute Gasteiger partial charge is 0.307 e. The van der Waals surface area contributed by atoms with Gasteiger partial charge in [0.2, 0.25) is 10.0 Å². The second-order valence-electron chi connectivity index (χ2n) is 6.58. The number of carboxylic acid groups (broad SMARTS) is 1. The third-order valence-electron chi connectivity index (χ3n) is 3.93. The van der Waals surface area contributed by atoms with Crippen molar-refractivity contribution in [3.05, 3.63) is 36.4 Å². The molecule has 0 aliphatic carbocycles. The lowest BCUT2D eigenvalue weighted by molar-refractivity contribution is -0.142. The van der Waals surface area contributed by atoms with Gasteiger partial charge in [0.05, 0.1) is 10.8 Å². The summed E-state index contributed by atoms with van der Waals surface area (Å²) in [4.78, 5) is 15.3. The van der Waals surface area contributed by atoms with Gasteiger partial charge >= 0.3 is 5.97 Å². The molecular weight excluding hydrogens is 372 g/mol. The van der Waals surface area contributed by atoms with E-state index >= 15 is 0 Å². The topological polar surface area (TPSA) is 123 Å². The summed E-state index contributed by atoms with van der Waals surface area (Å²) in [6.07, 6.45) is 1.82. The first-order valence-electron chi connectivity index (χ1n) is 8.47. The minimum absolute atomic E-state index is 0.0437. The van der Waals surface area contributed by atoms with Crippen LogP contribution in [-0.2, 0) is 28.5 Å². The summed E-state index contributed by atoms with van der Waals surface area (Å²) >= 11 is 0. The lowest BCUT2D eigenvalue weighted by Gasteiger charge is -2.15. The molecule has 1 atom stereocenters. The highest BCUT2D eigenvalue weighted by molar-refractivity contribution is 7.89. The molecule has 0 radical (unpaired) electrons. The Kier molecular flexibility index (Phi) is 6.92. The van der Waals surface area contributed by atoms with Gasteiger partial charge in [-0.05, 0) is 36.6 Å². The van der Waals surface area contributed by atoms with Crippen LogP contribution >= 0.6 is 0 Å². The Hall–Kier alpha value is -2.46. The number of carboxylic acids is 1. The average Bonchev–Trinajstić information content (AvgIpc) is 3.01. The molecule has 10 heteroatoms. The van der Waals surface area contributed by atoms with Crippen LogP contribution in [0.4, 0.5) is 0 Å². The number of nitrogens with zero attached hydrogens (tertiary/aromatic N) is 3. The van der Waals surface area contributed by atoms with Crippen LogP contribution in [0.3, 0.4) is 0 Å². The van der Waals surface area contributed by atoms with Gasteiger partial charge in [-0.25, -0.2) is 18.1 Å². The Bertz CT molecular complexity index is 862. The van der Waals surface area contributed by atoms with Gasteiger partial charge in [0.25, 0.3) is 0 Å². The molecule has 2 aromatic rings. The molecule has 0 amide bonds. The molecule has 1 unspecified atom stereocenters. The molecule has 0 saturated heterocycles. The second-order valence-corrected chi connectivity index (χ2v) is 8.34. The Morgan fingerprint density at radius 3 is 2.48 bits per heavy atom. The first-order valence-corrected chi connectivity index (χ1v) is 9.95. The SMILES string of the molecule is CC(C)CC(CNS(=O)(=O)c1ccc(OCc2ncnn2C)cc1)C(=O)O. The number of hydrogen-bond donors (Lipinski definition) is 2. The second kappa shape index (κ2) is 8.96. The zero-order valence-electron chi connectivity index (χ0n) is 15.5. The van der Waals surface area contributed by atoms with Crippen LogP contribution in [-0.4, -0.2) is 40.8 Å². The van der Waals surface area contributed by atoms with E-state index in [1.54, 1.807) is 11.7 Å². The summed E-state index contributed by atoms with van der Waals surface area (Å²) in [5.41, 5.74) is 0. The van der Waals surface area contributed by atoms with Gasteiger partial charge in [-0.15, -0.1) is 0 Å². The fourth-order valence-electron chi connectivity index (χ4n) is 2.45. The predicted molar refractivity (Wildman–Crippen MR) is 97.5 cm³/mol. The molecule has 1 aromatic carbocycles. The van der Waals surface area contributed by atoms with Crippen LogP contribution in [0.15, 0.2) is 35.5 Å². The largest absolute Gasteiger partial charge is 0.486 e. The van der Waals surface area contributed by atoms with Crippen molar-refractivity contribution in [2.75, 3.05) is 6.54 Å². The van der Waals surface area contributed by atoms with Gasteiger partial charge in [0, 0.05) is 13.6 Å². The molecule has 2 N–H and O–H groups in total. The number of rotatable bonds is 10.